The fraction of sp³-hybridized carbons (Fsp3) is 0.458. The molecule has 3 aliphatic heterocycles. The van der Waals surface area contributed by atoms with Crippen LogP contribution >= 0.6 is 0 Å². The van der Waals surface area contributed by atoms with Gasteiger partial charge in [-0.25, -0.2) is 14.6 Å². The van der Waals surface area contributed by atoms with Gasteiger partial charge in [-0.1, -0.05) is 30.7 Å². The number of para-hydroxylation sites is 1. The largest absolute Gasteiger partial charge is 0.507 e. The van der Waals surface area contributed by atoms with Crippen LogP contribution in [-0.4, -0.2) is 137 Å². The predicted molar refractivity (Wildman–Crippen MR) is 256 cm³/mol. The Hall–Kier alpha value is -7.26. The van der Waals surface area contributed by atoms with Crippen LogP contribution in [0.5, 0.6) is 11.6 Å². The molecule has 69 heavy (non-hydrogen) atoms. The lowest BCUT2D eigenvalue weighted by Gasteiger charge is -2.43. The van der Waals surface area contributed by atoms with Gasteiger partial charge < -0.3 is 56.5 Å². The number of carboxylic acid groups (broad SMARTS) is 1. The number of anilines is 4. The summed E-state index contributed by atoms with van der Waals surface area (Å²) in [6, 6.07) is 18.2. The van der Waals surface area contributed by atoms with Gasteiger partial charge in [-0.15, -0.1) is 10.2 Å². The van der Waals surface area contributed by atoms with E-state index in [2.05, 4.69) is 63.4 Å². The lowest BCUT2D eigenvalue weighted by Crippen LogP contribution is -2.55. The van der Waals surface area contributed by atoms with Crippen LogP contribution in [0.25, 0.3) is 11.3 Å². The number of phenolic OH excluding ortho intramolecular Hbond substituents is 1. The van der Waals surface area contributed by atoms with Gasteiger partial charge in [0.25, 0.3) is 0 Å². The number of rotatable bonds is 19. The Labute approximate surface area is 399 Å². The second-order valence-corrected chi connectivity index (χ2v) is 18.1. The second-order valence-electron chi connectivity index (χ2n) is 18.1. The van der Waals surface area contributed by atoms with Crippen LogP contribution in [0, 0.1) is 5.41 Å². The number of aliphatic carboxylic acids is 1. The van der Waals surface area contributed by atoms with Gasteiger partial charge in [-0.3, -0.25) is 24.6 Å². The highest BCUT2D eigenvalue weighted by molar-refractivity contribution is 6.05. The van der Waals surface area contributed by atoms with Crippen molar-refractivity contribution in [3.8, 4) is 22.9 Å². The van der Waals surface area contributed by atoms with Crippen molar-refractivity contribution < 1.29 is 43.7 Å². The summed E-state index contributed by atoms with van der Waals surface area (Å²) in [4.78, 5) is 74.6. The van der Waals surface area contributed by atoms with Crippen molar-refractivity contribution in [2.45, 2.75) is 82.6 Å². The van der Waals surface area contributed by atoms with Gasteiger partial charge in [0.1, 0.15) is 30.4 Å². The van der Waals surface area contributed by atoms with Gasteiger partial charge in [-0.05, 0) is 87.4 Å². The molecule has 8 rings (SSSR count). The first kappa shape index (κ1) is 48.2. The van der Waals surface area contributed by atoms with E-state index in [9.17, 15) is 34.2 Å². The Kier molecular flexibility index (Phi) is 15.2. The number of pyridine rings is 1. The van der Waals surface area contributed by atoms with Crippen LogP contribution in [0.3, 0.4) is 0 Å². The number of fused-ring (bicyclic) bond motifs is 2. The fourth-order valence-corrected chi connectivity index (χ4v) is 9.52. The van der Waals surface area contributed by atoms with E-state index in [0.29, 0.717) is 66.2 Å². The van der Waals surface area contributed by atoms with Crippen molar-refractivity contribution in [2.75, 3.05) is 72.9 Å². The average Bonchev–Trinajstić information content (AvgIpc) is 3.58. The van der Waals surface area contributed by atoms with Crippen molar-refractivity contribution in [1.29, 1.82) is 0 Å². The number of nitrogens with zero attached hydrogens (tertiary/aromatic N) is 6. The van der Waals surface area contributed by atoms with Crippen LogP contribution in [0.1, 0.15) is 57.4 Å². The number of nitrogens with one attached hydrogen (secondary N) is 5. The highest BCUT2D eigenvalue weighted by Crippen LogP contribution is 2.42. The molecule has 1 saturated carbocycles. The predicted octanol–water partition coefficient (Wildman–Crippen LogP) is 3.65. The molecule has 2 aromatic carbocycles. The number of phenols is 1. The molecule has 4 aromatic rings. The number of urea groups is 1. The van der Waals surface area contributed by atoms with Gasteiger partial charge in [-0.2, -0.15) is 0 Å². The second kappa shape index (κ2) is 21.8. The van der Waals surface area contributed by atoms with E-state index in [4.69, 9.17) is 15.2 Å². The summed E-state index contributed by atoms with van der Waals surface area (Å²) in [7, 11) is 0. The Morgan fingerprint density at radius 1 is 0.986 bits per heavy atom. The molecule has 2 bridgehead atoms. The minimum Gasteiger partial charge on any atom is -0.507 e. The molecule has 0 spiro atoms. The van der Waals surface area contributed by atoms with Crippen LogP contribution in [0.4, 0.5) is 32.5 Å². The summed E-state index contributed by atoms with van der Waals surface area (Å²) in [5, 5.41) is 43.3. The maximum atomic E-state index is 13.4. The summed E-state index contributed by atoms with van der Waals surface area (Å²) < 4.78 is 11.8. The quantitative estimate of drug-likeness (QED) is 0.0492. The summed E-state index contributed by atoms with van der Waals surface area (Å²) in [6.45, 7) is 7.79. The number of piperazine rings is 2. The number of carbonyl (C=O) groups excluding carboxylic acids is 4. The third kappa shape index (κ3) is 11.5. The first-order valence-electron chi connectivity index (χ1n) is 23.5. The lowest BCUT2D eigenvalue weighted by atomic mass is 9.68. The van der Waals surface area contributed by atoms with E-state index in [-0.39, 0.29) is 62.5 Å². The Bertz CT molecular complexity index is 2480. The average molecular weight is 949 g/mol. The molecule has 4 atom stereocenters. The highest BCUT2D eigenvalue weighted by Gasteiger charge is 2.52. The molecule has 5 amide bonds. The van der Waals surface area contributed by atoms with Gasteiger partial charge in [0.05, 0.1) is 11.4 Å². The van der Waals surface area contributed by atoms with Gasteiger partial charge in [0, 0.05) is 93.1 Å². The molecule has 2 aromatic heterocycles. The van der Waals surface area contributed by atoms with E-state index >= 15 is 0 Å². The number of nitrogens with two attached hydrogens (primary N) is 1. The van der Waals surface area contributed by atoms with E-state index < -0.39 is 41.4 Å². The number of carboxylic acids is 1. The SMILES string of the molecule is C[C@@H]1CNCCN1CCOc1cc(N2C3CCC2CN(c2cc(-c4ccccc4O)nnc2NC(=O)OCc2ccc(NC(=O)[C@H](CCCNC(N)=O)NC(=O)C4(C(=O)O)CCC4)cc2)C3)ccn1. The van der Waals surface area contributed by atoms with Crippen LogP contribution in [0.15, 0.2) is 72.9 Å². The molecule has 21 nitrogen and oxygen atoms in total. The maximum absolute atomic E-state index is 13.4. The molecule has 4 aliphatic rings. The van der Waals surface area contributed by atoms with Gasteiger partial charge in [0.15, 0.2) is 5.82 Å². The molecule has 5 heterocycles. The lowest BCUT2D eigenvalue weighted by molar-refractivity contribution is -0.162. The summed E-state index contributed by atoms with van der Waals surface area (Å²) in [6.07, 6.45) is 4.26. The third-order valence-corrected chi connectivity index (χ3v) is 13.5. The third-order valence-electron chi connectivity index (χ3n) is 13.5. The standard InChI is InChI=1S/C48H60N12O9/c1-30-26-50-20-21-58(30)22-23-68-41-24-33(15-19-51-41)60-34-13-14-35(60)28-59(27-34)39-25-38(36-6-2-3-8-40(36)61)56-57-42(39)55-47(67)69-29-31-9-11-32(12-10-31)53-43(62)37(7-4-18-52-46(49)66)54-44(63)48(45(64)65)16-5-17-48/h2-3,6,8-12,15,19,24-25,30,34-35,37,50,61H,4-5,7,13-14,16-18,20-23,26-29H2,1H3,(H,53,62)(H,54,63)(H,64,65)(H3,49,52,66)(H,55,57,67)/t30-,34?,35?,37+/m1/s1. The molecule has 9 N–H and O–H groups in total. The molecule has 2 unspecified atom stereocenters. The minimum atomic E-state index is -1.58. The van der Waals surface area contributed by atoms with Crippen LogP contribution < -0.4 is 46.9 Å². The summed E-state index contributed by atoms with van der Waals surface area (Å²) in [5.74, 6) is -1.71. The fourth-order valence-electron chi connectivity index (χ4n) is 9.52. The number of amides is 5. The summed E-state index contributed by atoms with van der Waals surface area (Å²) >= 11 is 0. The van der Waals surface area contributed by atoms with Crippen LogP contribution in [-0.2, 0) is 25.7 Å². The molecular formula is C48H60N12O9. The molecule has 3 saturated heterocycles. The number of aromatic hydroxyl groups is 1. The van der Waals surface area contributed by atoms with E-state index in [1.807, 2.05) is 18.2 Å². The molecular weight excluding hydrogens is 889 g/mol. The topological polar surface area (TPSA) is 279 Å². The van der Waals surface area contributed by atoms with E-state index in [0.717, 1.165) is 44.7 Å². The first-order chi connectivity index (χ1) is 33.4. The molecule has 21 heteroatoms. The monoisotopic (exact) mass is 948 g/mol. The first-order valence-corrected chi connectivity index (χ1v) is 23.5. The molecule has 4 fully saturated rings. The summed E-state index contributed by atoms with van der Waals surface area (Å²) in [5.41, 5.74) is 7.16. The molecule has 0 radical (unpaired) electrons. The van der Waals surface area contributed by atoms with Crippen molar-refractivity contribution in [3.05, 3.63) is 78.5 Å². The smallest absolute Gasteiger partial charge is 0.413 e. The number of benzene rings is 2. The van der Waals surface area contributed by atoms with Crippen LogP contribution in [0.2, 0.25) is 0 Å². The highest BCUT2D eigenvalue weighted by atomic mass is 16.5. The normalized spacial score (nSPS) is 19.9. The maximum Gasteiger partial charge on any atom is 0.413 e. The number of hydrogen-bond acceptors (Lipinski definition) is 15. The Balaban J connectivity index is 0.901. The number of hydrogen-bond donors (Lipinski definition) is 8. The van der Waals surface area contributed by atoms with E-state index in [1.54, 1.807) is 54.7 Å². The zero-order chi connectivity index (χ0) is 48.5. The van der Waals surface area contributed by atoms with Crippen molar-refractivity contribution in [3.63, 3.8) is 0 Å². The number of ether oxygens (including phenoxy) is 2. The zero-order valence-electron chi connectivity index (χ0n) is 38.6. The van der Waals surface area contributed by atoms with Gasteiger partial charge >= 0.3 is 18.1 Å². The number of carbonyl (C=O) groups is 5. The Morgan fingerprint density at radius 2 is 1.75 bits per heavy atom. The van der Waals surface area contributed by atoms with Crippen molar-refractivity contribution in [1.82, 2.24) is 36.0 Å². The molecule has 1 aliphatic carbocycles. The molecule has 366 valence electrons. The van der Waals surface area contributed by atoms with Gasteiger partial charge in [0.2, 0.25) is 17.7 Å². The number of aromatic nitrogens is 3. The number of primary amides is 1. The Morgan fingerprint density at radius 3 is 2.45 bits per heavy atom. The van der Waals surface area contributed by atoms with E-state index in [1.165, 1.54) is 0 Å². The van der Waals surface area contributed by atoms with Crippen molar-refractivity contribution >= 4 is 52.8 Å². The van der Waals surface area contributed by atoms with Crippen molar-refractivity contribution in [2.24, 2.45) is 11.1 Å². The minimum absolute atomic E-state index is 0.0466. The zero-order valence-corrected chi connectivity index (χ0v) is 38.6.